The Balaban J connectivity index is 1.50. The van der Waals surface area contributed by atoms with Crippen molar-refractivity contribution in [3.05, 3.63) is 59.4 Å². The fraction of sp³-hybridized carbons (Fsp3) is 0.556. The Bertz CT molecular complexity index is 834. The molecule has 2 fully saturated rings. The Kier molecular flexibility index (Phi) is 6.19. The molecule has 4 rings (SSSR count). The van der Waals surface area contributed by atoms with Crippen LogP contribution in [0.4, 0.5) is 4.39 Å². The number of hydrogen-bond donors (Lipinski definition) is 0. The van der Waals surface area contributed by atoms with Gasteiger partial charge in [-0.15, -0.1) is 0 Å². The van der Waals surface area contributed by atoms with E-state index in [2.05, 4.69) is 43.3 Å². The van der Waals surface area contributed by atoms with Crippen molar-refractivity contribution < 1.29 is 4.39 Å². The van der Waals surface area contributed by atoms with Gasteiger partial charge in [-0.25, -0.2) is 4.39 Å². The molecule has 0 radical (unpaired) electrons. The zero-order valence-corrected chi connectivity index (χ0v) is 17.6. The maximum atomic E-state index is 14.8. The van der Waals surface area contributed by atoms with E-state index in [1.54, 1.807) is 6.07 Å². The molecule has 0 aromatic heterocycles. The Morgan fingerprint density at radius 2 is 1.82 bits per heavy atom. The van der Waals surface area contributed by atoms with Crippen molar-refractivity contribution in [1.29, 1.82) is 0 Å². The van der Waals surface area contributed by atoms with Crippen LogP contribution in [0.1, 0.15) is 82.3 Å². The topological polar surface area (TPSA) is 0 Å². The molecule has 2 aliphatic carbocycles. The Labute approximate surface area is 170 Å². The van der Waals surface area contributed by atoms with Gasteiger partial charge < -0.3 is 0 Å². The summed E-state index contributed by atoms with van der Waals surface area (Å²) in [6, 6.07) is 10.5. The minimum Gasteiger partial charge on any atom is -0.206 e. The second kappa shape index (κ2) is 8.80. The fourth-order valence-corrected chi connectivity index (χ4v) is 5.86. The first-order chi connectivity index (χ1) is 13.7. The molecule has 4 atom stereocenters. The van der Waals surface area contributed by atoms with Crippen LogP contribution >= 0.6 is 0 Å². The summed E-state index contributed by atoms with van der Waals surface area (Å²) in [5.41, 5.74) is 2.47. The van der Waals surface area contributed by atoms with E-state index in [1.165, 1.54) is 50.5 Å². The van der Waals surface area contributed by atoms with Crippen LogP contribution in [0.15, 0.2) is 42.5 Å². The second-order valence-electron chi connectivity index (χ2n) is 9.28. The van der Waals surface area contributed by atoms with E-state index in [4.69, 9.17) is 0 Å². The largest absolute Gasteiger partial charge is 0.206 e. The van der Waals surface area contributed by atoms with Crippen molar-refractivity contribution in [3.8, 4) is 0 Å². The number of benzene rings is 2. The fourth-order valence-electron chi connectivity index (χ4n) is 5.86. The SMILES string of the molecule is C/C=C/CCc1cc(F)c2cc([C@@H]3CC[C@@H]4CC(CC)CCC4C3)ccc2c1. The van der Waals surface area contributed by atoms with Gasteiger partial charge in [0.25, 0.3) is 0 Å². The normalized spacial score (nSPS) is 28.0. The van der Waals surface area contributed by atoms with Gasteiger partial charge in [-0.1, -0.05) is 50.1 Å². The van der Waals surface area contributed by atoms with E-state index in [-0.39, 0.29) is 5.82 Å². The second-order valence-corrected chi connectivity index (χ2v) is 9.28. The summed E-state index contributed by atoms with van der Waals surface area (Å²) in [4.78, 5) is 0. The molecule has 0 saturated heterocycles. The van der Waals surface area contributed by atoms with Crippen LogP contribution in [0.25, 0.3) is 10.8 Å². The lowest BCUT2D eigenvalue weighted by Gasteiger charge is -2.42. The summed E-state index contributed by atoms with van der Waals surface area (Å²) in [5, 5.41) is 1.86. The molecule has 0 bridgehead atoms. The number of aryl methyl sites for hydroxylation is 1. The molecule has 1 heteroatoms. The molecule has 150 valence electrons. The highest BCUT2D eigenvalue weighted by molar-refractivity contribution is 5.84. The maximum Gasteiger partial charge on any atom is 0.131 e. The first kappa shape index (κ1) is 19.7. The van der Waals surface area contributed by atoms with Crippen molar-refractivity contribution in [3.63, 3.8) is 0 Å². The van der Waals surface area contributed by atoms with Crippen molar-refractivity contribution in [1.82, 2.24) is 0 Å². The number of allylic oxidation sites excluding steroid dienone is 2. The number of halogens is 1. The molecule has 2 aromatic carbocycles. The van der Waals surface area contributed by atoms with Gasteiger partial charge in [0, 0.05) is 5.39 Å². The Morgan fingerprint density at radius 1 is 1.00 bits per heavy atom. The molecule has 0 aliphatic heterocycles. The monoisotopic (exact) mass is 378 g/mol. The van der Waals surface area contributed by atoms with E-state index in [0.29, 0.717) is 5.92 Å². The Morgan fingerprint density at radius 3 is 2.64 bits per heavy atom. The van der Waals surface area contributed by atoms with Crippen molar-refractivity contribution in [2.75, 3.05) is 0 Å². The summed E-state index contributed by atoms with van der Waals surface area (Å²) in [7, 11) is 0. The maximum absolute atomic E-state index is 14.8. The first-order valence-corrected chi connectivity index (χ1v) is 11.5. The average molecular weight is 379 g/mol. The lowest BCUT2D eigenvalue weighted by molar-refractivity contribution is 0.116. The van der Waals surface area contributed by atoms with Gasteiger partial charge in [0.2, 0.25) is 0 Å². The van der Waals surface area contributed by atoms with E-state index >= 15 is 0 Å². The minimum absolute atomic E-state index is 0.0491. The van der Waals surface area contributed by atoms with Crippen LogP contribution in [0.3, 0.4) is 0 Å². The third-order valence-electron chi connectivity index (χ3n) is 7.59. The van der Waals surface area contributed by atoms with Gasteiger partial charge in [0.15, 0.2) is 0 Å². The zero-order valence-electron chi connectivity index (χ0n) is 17.6. The molecular weight excluding hydrogens is 343 g/mol. The standard InChI is InChI=1S/C27H35F/c1-3-5-6-7-20-15-25-13-12-24(18-26(25)27(28)16-20)23-11-10-21-14-19(4-2)8-9-22(21)17-23/h3,5,12-13,15-16,18-19,21-23H,4,6-11,14,17H2,1-2H3/b5-3+/t19?,21-,22?,23-/m1/s1. The Hall–Kier alpha value is -1.63. The van der Waals surface area contributed by atoms with E-state index in [0.717, 1.165) is 46.9 Å². The predicted octanol–water partition coefficient (Wildman–Crippen LogP) is 8.20. The molecule has 0 spiro atoms. The molecule has 2 saturated carbocycles. The summed E-state index contributed by atoms with van der Waals surface area (Å²) in [6.07, 6.45) is 15.7. The first-order valence-electron chi connectivity index (χ1n) is 11.5. The number of hydrogen-bond acceptors (Lipinski definition) is 0. The lowest BCUT2D eigenvalue weighted by atomic mass is 9.63. The van der Waals surface area contributed by atoms with Crippen LogP contribution in [0.2, 0.25) is 0 Å². The average Bonchev–Trinajstić information content (AvgIpc) is 2.73. The molecule has 0 amide bonds. The summed E-state index contributed by atoms with van der Waals surface area (Å²) in [5.74, 6) is 3.39. The van der Waals surface area contributed by atoms with Gasteiger partial charge >= 0.3 is 0 Å². The molecule has 2 aromatic rings. The van der Waals surface area contributed by atoms with Crippen LogP contribution in [-0.4, -0.2) is 0 Å². The third kappa shape index (κ3) is 4.19. The molecular formula is C27H35F. The molecule has 28 heavy (non-hydrogen) atoms. The van der Waals surface area contributed by atoms with Gasteiger partial charge in [-0.05, 0) is 104 Å². The zero-order chi connectivity index (χ0) is 19.5. The number of fused-ring (bicyclic) bond motifs is 2. The third-order valence-corrected chi connectivity index (χ3v) is 7.59. The summed E-state index contributed by atoms with van der Waals surface area (Å²) in [6.45, 7) is 4.39. The molecule has 0 N–H and O–H groups in total. The lowest BCUT2D eigenvalue weighted by Crippen LogP contribution is -2.30. The van der Waals surface area contributed by atoms with Crippen molar-refractivity contribution >= 4 is 10.8 Å². The smallest absolute Gasteiger partial charge is 0.131 e. The quantitative estimate of drug-likeness (QED) is 0.460. The minimum atomic E-state index is -0.0491. The van der Waals surface area contributed by atoms with E-state index in [9.17, 15) is 4.39 Å². The predicted molar refractivity (Wildman–Crippen MR) is 118 cm³/mol. The van der Waals surface area contributed by atoms with E-state index < -0.39 is 0 Å². The highest BCUT2D eigenvalue weighted by Crippen LogP contribution is 2.48. The molecule has 0 heterocycles. The molecule has 2 unspecified atom stereocenters. The molecule has 2 aliphatic rings. The summed E-state index contributed by atoms with van der Waals surface area (Å²) >= 11 is 0. The highest BCUT2D eigenvalue weighted by atomic mass is 19.1. The van der Waals surface area contributed by atoms with Gasteiger partial charge in [0.1, 0.15) is 5.82 Å². The van der Waals surface area contributed by atoms with Crippen LogP contribution < -0.4 is 0 Å². The van der Waals surface area contributed by atoms with Crippen LogP contribution in [0, 0.1) is 23.6 Å². The highest BCUT2D eigenvalue weighted by Gasteiger charge is 2.35. The number of rotatable bonds is 5. The summed E-state index contributed by atoms with van der Waals surface area (Å²) < 4.78 is 14.8. The molecule has 0 nitrogen and oxygen atoms in total. The van der Waals surface area contributed by atoms with Gasteiger partial charge in [-0.2, -0.15) is 0 Å². The van der Waals surface area contributed by atoms with Gasteiger partial charge in [0.05, 0.1) is 0 Å². The van der Waals surface area contributed by atoms with Crippen LogP contribution in [0.5, 0.6) is 0 Å². The van der Waals surface area contributed by atoms with Crippen LogP contribution in [-0.2, 0) is 6.42 Å². The van der Waals surface area contributed by atoms with Crippen molar-refractivity contribution in [2.45, 2.75) is 77.6 Å². The van der Waals surface area contributed by atoms with E-state index in [1.807, 2.05) is 6.92 Å². The van der Waals surface area contributed by atoms with Gasteiger partial charge in [-0.3, -0.25) is 0 Å². The van der Waals surface area contributed by atoms with Crippen molar-refractivity contribution in [2.24, 2.45) is 17.8 Å².